The van der Waals surface area contributed by atoms with Gasteiger partial charge in [-0.2, -0.15) is 0 Å². The molecule has 0 aliphatic rings. The van der Waals surface area contributed by atoms with Crippen molar-refractivity contribution < 1.29 is 9.13 Å². The summed E-state index contributed by atoms with van der Waals surface area (Å²) in [5.41, 5.74) is 1.96. The third-order valence-electron chi connectivity index (χ3n) is 2.66. The van der Waals surface area contributed by atoms with Gasteiger partial charge in [-0.05, 0) is 35.4 Å². The summed E-state index contributed by atoms with van der Waals surface area (Å²) in [4.78, 5) is 4.04. The van der Waals surface area contributed by atoms with E-state index in [2.05, 4.69) is 26.2 Å². The third-order valence-corrected chi connectivity index (χ3v) is 3.43. The Labute approximate surface area is 119 Å². The molecule has 0 bridgehead atoms. The fourth-order valence-electron chi connectivity index (χ4n) is 1.69. The molecule has 1 aromatic carbocycles. The zero-order chi connectivity index (χ0) is 13.7. The molecule has 0 fully saturated rings. The number of methoxy groups -OCH3 is 1. The largest absolute Gasteiger partial charge is 0.481 e. The molecule has 0 atom stereocenters. The van der Waals surface area contributed by atoms with Crippen LogP contribution in [-0.4, -0.2) is 12.1 Å². The molecule has 0 unspecified atom stereocenters. The molecule has 2 aromatic rings. The van der Waals surface area contributed by atoms with Crippen molar-refractivity contribution in [2.24, 2.45) is 0 Å². The Balaban J connectivity index is 1.94. The third kappa shape index (κ3) is 4.01. The summed E-state index contributed by atoms with van der Waals surface area (Å²) in [5, 5.41) is 3.26. The number of rotatable bonds is 5. The second-order valence-electron chi connectivity index (χ2n) is 4.05. The topological polar surface area (TPSA) is 34.1 Å². The van der Waals surface area contributed by atoms with Crippen LogP contribution in [0.4, 0.5) is 4.39 Å². The van der Waals surface area contributed by atoms with Crippen LogP contribution in [-0.2, 0) is 13.1 Å². The molecule has 1 aromatic heterocycles. The fourth-order valence-corrected chi connectivity index (χ4v) is 2.08. The highest BCUT2D eigenvalue weighted by molar-refractivity contribution is 9.10. The van der Waals surface area contributed by atoms with Gasteiger partial charge in [-0.15, -0.1) is 0 Å². The summed E-state index contributed by atoms with van der Waals surface area (Å²) in [5.74, 6) is 0.358. The molecule has 19 heavy (non-hydrogen) atoms. The lowest BCUT2D eigenvalue weighted by Crippen LogP contribution is -2.13. The number of ether oxygens (including phenoxy) is 1. The van der Waals surface area contributed by atoms with Crippen LogP contribution in [0.15, 0.2) is 41.0 Å². The number of aromatic nitrogens is 1. The Bertz CT molecular complexity index is 563. The first-order chi connectivity index (χ1) is 9.19. The minimum absolute atomic E-state index is 0.231. The highest BCUT2D eigenvalue weighted by Gasteiger charge is 2.02. The first-order valence-corrected chi connectivity index (χ1v) is 6.62. The van der Waals surface area contributed by atoms with E-state index >= 15 is 0 Å². The molecule has 0 aliphatic carbocycles. The second kappa shape index (κ2) is 6.63. The minimum atomic E-state index is -0.231. The average Bonchev–Trinajstić information content (AvgIpc) is 2.43. The van der Waals surface area contributed by atoms with Crippen LogP contribution in [0.2, 0.25) is 0 Å². The first-order valence-electron chi connectivity index (χ1n) is 5.82. The van der Waals surface area contributed by atoms with Crippen molar-refractivity contribution in [2.75, 3.05) is 7.11 Å². The molecule has 0 saturated carbocycles. The zero-order valence-electron chi connectivity index (χ0n) is 10.5. The van der Waals surface area contributed by atoms with Crippen LogP contribution in [0, 0.1) is 5.82 Å². The van der Waals surface area contributed by atoms with E-state index in [1.165, 1.54) is 12.1 Å². The normalized spacial score (nSPS) is 10.5. The highest BCUT2D eigenvalue weighted by Crippen LogP contribution is 2.17. The monoisotopic (exact) mass is 324 g/mol. The summed E-state index contributed by atoms with van der Waals surface area (Å²) < 4.78 is 19.1. The van der Waals surface area contributed by atoms with E-state index in [9.17, 15) is 4.39 Å². The van der Waals surface area contributed by atoms with Crippen LogP contribution in [0.1, 0.15) is 11.1 Å². The maximum Gasteiger partial charge on any atom is 0.213 e. The molecule has 0 saturated heterocycles. The van der Waals surface area contributed by atoms with E-state index in [1.54, 1.807) is 19.4 Å². The van der Waals surface area contributed by atoms with Gasteiger partial charge in [0.25, 0.3) is 0 Å². The predicted octanol–water partition coefficient (Wildman–Crippen LogP) is 3.28. The molecule has 0 spiro atoms. The average molecular weight is 325 g/mol. The van der Waals surface area contributed by atoms with Gasteiger partial charge in [0.15, 0.2) is 0 Å². The number of hydrogen-bond acceptors (Lipinski definition) is 3. The lowest BCUT2D eigenvalue weighted by atomic mass is 10.2. The summed E-state index contributed by atoms with van der Waals surface area (Å²) in [6.45, 7) is 1.25. The van der Waals surface area contributed by atoms with Crippen molar-refractivity contribution >= 4 is 15.9 Å². The van der Waals surface area contributed by atoms with Crippen molar-refractivity contribution in [1.82, 2.24) is 10.3 Å². The fraction of sp³-hybridized carbons (Fsp3) is 0.214. The van der Waals surface area contributed by atoms with Crippen LogP contribution < -0.4 is 10.1 Å². The van der Waals surface area contributed by atoms with Crippen molar-refractivity contribution in [3.8, 4) is 5.88 Å². The molecule has 1 N–H and O–H groups in total. The van der Waals surface area contributed by atoms with Crippen molar-refractivity contribution in [2.45, 2.75) is 13.1 Å². The Kier molecular flexibility index (Phi) is 4.87. The van der Waals surface area contributed by atoms with E-state index in [0.29, 0.717) is 19.0 Å². The lowest BCUT2D eigenvalue weighted by Gasteiger charge is -2.08. The van der Waals surface area contributed by atoms with Crippen molar-refractivity contribution in [1.29, 1.82) is 0 Å². The summed E-state index contributed by atoms with van der Waals surface area (Å²) in [7, 11) is 1.59. The van der Waals surface area contributed by atoms with E-state index < -0.39 is 0 Å². The molecule has 100 valence electrons. The Hall–Kier alpha value is -1.46. The zero-order valence-corrected chi connectivity index (χ0v) is 12.1. The van der Waals surface area contributed by atoms with Gasteiger partial charge in [0.05, 0.1) is 7.11 Å². The Morgan fingerprint density at radius 1 is 1.26 bits per heavy atom. The number of nitrogens with one attached hydrogen (secondary N) is 1. The van der Waals surface area contributed by atoms with Gasteiger partial charge in [0.2, 0.25) is 5.88 Å². The minimum Gasteiger partial charge on any atom is -0.481 e. The summed E-state index contributed by atoms with van der Waals surface area (Å²) in [6, 6.07) is 8.44. The molecular weight excluding hydrogens is 311 g/mol. The van der Waals surface area contributed by atoms with Gasteiger partial charge in [-0.1, -0.05) is 15.9 Å². The molecule has 0 radical (unpaired) electrons. The van der Waals surface area contributed by atoms with Crippen molar-refractivity contribution in [3.63, 3.8) is 0 Å². The Morgan fingerprint density at radius 2 is 2.11 bits per heavy atom. The maximum absolute atomic E-state index is 13.1. The second-order valence-corrected chi connectivity index (χ2v) is 4.90. The van der Waals surface area contributed by atoms with Gasteiger partial charge in [0.1, 0.15) is 5.82 Å². The number of halogens is 2. The molecule has 0 amide bonds. The van der Waals surface area contributed by atoms with Crippen LogP contribution in [0.3, 0.4) is 0 Å². The van der Waals surface area contributed by atoms with Gasteiger partial charge in [0, 0.05) is 29.8 Å². The van der Waals surface area contributed by atoms with Gasteiger partial charge >= 0.3 is 0 Å². The molecule has 5 heteroatoms. The SMILES string of the molecule is COc1cc(CNCc2cc(F)ccc2Br)ccn1. The molecule has 0 aliphatic heterocycles. The van der Waals surface area contributed by atoms with Crippen molar-refractivity contribution in [3.05, 3.63) is 57.9 Å². The van der Waals surface area contributed by atoms with Gasteiger partial charge in [-0.25, -0.2) is 9.37 Å². The number of benzene rings is 1. The van der Waals surface area contributed by atoms with Crippen LogP contribution >= 0.6 is 15.9 Å². The highest BCUT2D eigenvalue weighted by atomic mass is 79.9. The number of nitrogens with zero attached hydrogens (tertiary/aromatic N) is 1. The van der Waals surface area contributed by atoms with E-state index in [0.717, 1.165) is 15.6 Å². The molecule has 3 nitrogen and oxygen atoms in total. The molecular formula is C14H14BrFN2O. The van der Waals surface area contributed by atoms with Gasteiger partial charge < -0.3 is 10.1 Å². The molecule has 1 heterocycles. The Morgan fingerprint density at radius 3 is 2.89 bits per heavy atom. The summed E-state index contributed by atoms with van der Waals surface area (Å²) in [6.07, 6.45) is 1.70. The smallest absolute Gasteiger partial charge is 0.213 e. The summed E-state index contributed by atoms with van der Waals surface area (Å²) >= 11 is 3.40. The van der Waals surface area contributed by atoms with E-state index in [-0.39, 0.29) is 5.82 Å². The lowest BCUT2D eigenvalue weighted by molar-refractivity contribution is 0.397. The van der Waals surface area contributed by atoms with Crippen LogP contribution in [0.5, 0.6) is 5.88 Å². The van der Waals surface area contributed by atoms with Crippen LogP contribution in [0.25, 0.3) is 0 Å². The first kappa shape index (κ1) is 14.0. The number of pyridine rings is 1. The predicted molar refractivity (Wildman–Crippen MR) is 75.4 cm³/mol. The number of hydrogen-bond donors (Lipinski definition) is 1. The maximum atomic E-state index is 13.1. The van der Waals surface area contributed by atoms with E-state index in [1.807, 2.05) is 12.1 Å². The van der Waals surface area contributed by atoms with Gasteiger partial charge in [-0.3, -0.25) is 0 Å². The standard InChI is InChI=1S/C14H14BrFN2O/c1-19-14-6-10(4-5-18-14)8-17-9-11-7-12(16)2-3-13(11)15/h2-7,17H,8-9H2,1H3. The molecule has 2 rings (SSSR count). The quantitative estimate of drug-likeness (QED) is 0.916. The van der Waals surface area contributed by atoms with E-state index in [4.69, 9.17) is 4.74 Å².